The Labute approximate surface area is 318 Å². The van der Waals surface area contributed by atoms with E-state index in [9.17, 15) is 18.8 Å². The third-order valence-corrected chi connectivity index (χ3v) is 10.0. The molecule has 8 rings (SSSR count). The normalized spacial score (nSPS) is 13.4. The minimum absolute atomic E-state index is 0.0392. The van der Waals surface area contributed by atoms with Crippen molar-refractivity contribution in [3.8, 4) is 5.82 Å². The van der Waals surface area contributed by atoms with Crippen LogP contribution >= 0.6 is 0 Å². The summed E-state index contributed by atoms with van der Waals surface area (Å²) in [6.07, 6.45) is 3.93. The topological polar surface area (TPSA) is 139 Å². The molecule has 7 aromatic rings. The molecule has 1 saturated heterocycles. The van der Waals surface area contributed by atoms with Crippen molar-refractivity contribution in [1.82, 2.24) is 38.8 Å². The van der Waals surface area contributed by atoms with Gasteiger partial charge in [0.2, 0.25) is 5.95 Å². The monoisotopic (exact) mass is 756 g/mol. The number of aromatic amines is 1. The van der Waals surface area contributed by atoms with E-state index in [1.165, 1.54) is 35.0 Å². The summed E-state index contributed by atoms with van der Waals surface area (Å²) in [5.74, 6) is -0.158. The van der Waals surface area contributed by atoms with Gasteiger partial charge < -0.3 is 10.2 Å². The Kier molecular flexibility index (Phi) is 9.83. The average molecular weight is 757 g/mol. The number of rotatable bonds is 11. The molecule has 56 heavy (non-hydrogen) atoms. The van der Waals surface area contributed by atoms with E-state index in [4.69, 9.17) is 9.97 Å². The molecule has 0 unspecified atom stereocenters. The Morgan fingerprint density at radius 1 is 0.893 bits per heavy atom. The summed E-state index contributed by atoms with van der Waals surface area (Å²) in [7, 11) is 0. The fraction of sp³-hybridized carbons (Fsp3) is 0.220. The number of pyridine rings is 1. The Balaban J connectivity index is 0.932. The van der Waals surface area contributed by atoms with E-state index in [0.29, 0.717) is 53.6 Å². The molecule has 1 aliphatic heterocycles. The van der Waals surface area contributed by atoms with Gasteiger partial charge in [-0.2, -0.15) is 4.98 Å². The third-order valence-electron chi connectivity index (χ3n) is 10.0. The second-order valence-corrected chi connectivity index (χ2v) is 13.6. The van der Waals surface area contributed by atoms with Gasteiger partial charge in [0.25, 0.3) is 11.1 Å². The van der Waals surface area contributed by atoms with E-state index in [1.807, 2.05) is 49.4 Å². The standard InChI is InChI=1S/C41H38F2N10O3/c1-3-17-52-39(55)31-23-44-40(47-37(31)53(52)35-10-5-7-28(4-2)45-35)46-29-12-14-30(15-13-29)50-20-18-49(19-21-50)25-27-22-26(11-16-32(27)42)24-51-34-9-6-8-33(43)36(34)38(54)48-41(51)56/h3,5-16,22-23H,1,4,17-21,24-25H2,2H3,(H,44,46,47)(H,48,54,56). The lowest BCUT2D eigenvalue weighted by Gasteiger charge is -2.36. The predicted octanol–water partition coefficient (Wildman–Crippen LogP) is 5.12. The first-order chi connectivity index (χ1) is 27.2. The molecule has 0 radical (unpaired) electrons. The maximum absolute atomic E-state index is 15.0. The SMILES string of the molecule is C=CCn1c(=O)c2cnc(Nc3ccc(N4CCN(Cc5cc(Cn6c(=O)[nH]c(=O)c7c(F)cccc76)ccc5F)CC4)cc3)nc2n1-c1cccc(CC)n1. The summed E-state index contributed by atoms with van der Waals surface area (Å²) >= 11 is 0. The van der Waals surface area contributed by atoms with Crippen molar-refractivity contribution in [2.75, 3.05) is 36.4 Å². The number of aromatic nitrogens is 7. The molecular formula is C41H38F2N10O3. The van der Waals surface area contributed by atoms with Crippen molar-refractivity contribution < 1.29 is 8.78 Å². The van der Waals surface area contributed by atoms with Crippen LogP contribution in [0.15, 0.2) is 112 Å². The number of aryl methyl sites for hydroxylation is 1. The lowest BCUT2D eigenvalue weighted by atomic mass is 10.1. The first-order valence-corrected chi connectivity index (χ1v) is 18.3. The minimum Gasteiger partial charge on any atom is -0.369 e. The second kappa shape index (κ2) is 15.2. The zero-order chi connectivity index (χ0) is 38.9. The van der Waals surface area contributed by atoms with Crippen molar-refractivity contribution >= 4 is 39.3 Å². The minimum atomic E-state index is -0.786. The predicted molar refractivity (Wildman–Crippen MR) is 212 cm³/mol. The van der Waals surface area contributed by atoms with Gasteiger partial charge in [-0.15, -0.1) is 6.58 Å². The molecule has 1 fully saturated rings. The Morgan fingerprint density at radius 3 is 2.45 bits per heavy atom. The average Bonchev–Trinajstić information content (AvgIpc) is 3.48. The quantitative estimate of drug-likeness (QED) is 0.172. The lowest BCUT2D eigenvalue weighted by Crippen LogP contribution is -2.46. The zero-order valence-corrected chi connectivity index (χ0v) is 30.6. The molecule has 0 bridgehead atoms. The summed E-state index contributed by atoms with van der Waals surface area (Å²) in [6, 6.07) is 22.4. The molecule has 4 aromatic heterocycles. The number of anilines is 3. The summed E-state index contributed by atoms with van der Waals surface area (Å²) in [5.41, 5.74) is 2.77. The first kappa shape index (κ1) is 36.2. The number of hydrogen-bond acceptors (Lipinski definition) is 9. The molecule has 284 valence electrons. The van der Waals surface area contributed by atoms with Gasteiger partial charge in [0, 0.05) is 61.6 Å². The fourth-order valence-corrected chi connectivity index (χ4v) is 7.17. The van der Waals surface area contributed by atoms with Crippen LogP contribution in [0, 0.1) is 11.6 Å². The number of benzene rings is 3. The largest absolute Gasteiger partial charge is 0.369 e. The second-order valence-electron chi connectivity index (χ2n) is 13.6. The number of hydrogen-bond donors (Lipinski definition) is 2. The first-order valence-electron chi connectivity index (χ1n) is 18.3. The number of allylic oxidation sites excluding steroid dienone is 1. The highest BCUT2D eigenvalue weighted by molar-refractivity contribution is 5.79. The Bertz CT molecular complexity index is 2780. The van der Waals surface area contributed by atoms with Crippen molar-refractivity contribution in [2.24, 2.45) is 0 Å². The molecule has 3 aromatic carbocycles. The van der Waals surface area contributed by atoms with E-state index >= 15 is 4.39 Å². The summed E-state index contributed by atoms with van der Waals surface area (Å²) in [5, 5.41) is 3.44. The van der Waals surface area contributed by atoms with Gasteiger partial charge in [-0.3, -0.25) is 24.0 Å². The molecular weight excluding hydrogens is 719 g/mol. The highest BCUT2D eigenvalue weighted by Crippen LogP contribution is 2.24. The number of halogens is 2. The van der Waals surface area contributed by atoms with E-state index in [-0.39, 0.29) is 35.4 Å². The maximum Gasteiger partial charge on any atom is 0.329 e. The van der Waals surface area contributed by atoms with Crippen LogP contribution in [0.4, 0.5) is 26.1 Å². The van der Waals surface area contributed by atoms with Gasteiger partial charge in [0.15, 0.2) is 11.5 Å². The lowest BCUT2D eigenvalue weighted by molar-refractivity contribution is 0.246. The molecule has 0 amide bonds. The van der Waals surface area contributed by atoms with Gasteiger partial charge in [-0.1, -0.05) is 31.2 Å². The highest BCUT2D eigenvalue weighted by Gasteiger charge is 2.21. The van der Waals surface area contributed by atoms with Gasteiger partial charge in [0.1, 0.15) is 17.0 Å². The van der Waals surface area contributed by atoms with Crippen molar-refractivity contribution in [1.29, 1.82) is 0 Å². The molecule has 15 heteroatoms. The molecule has 1 aliphatic rings. The number of H-pyrrole nitrogens is 1. The summed E-state index contributed by atoms with van der Waals surface area (Å²) < 4.78 is 34.0. The van der Waals surface area contributed by atoms with E-state index in [1.54, 1.807) is 27.6 Å². The molecule has 0 atom stereocenters. The van der Waals surface area contributed by atoms with E-state index in [0.717, 1.165) is 36.6 Å². The molecule has 2 N–H and O–H groups in total. The van der Waals surface area contributed by atoms with Crippen molar-refractivity contribution in [3.05, 3.63) is 157 Å². The number of piperazine rings is 1. The molecule has 0 saturated carbocycles. The summed E-state index contributed by atoms with van der Waals surface area (Å²) in [4.78, 5) is 58.8. The number of nitrogens with one attached hydrogen (secondary N) is 2. The number of fused-ring (bicyclic) bond motifs is 2. The van der Waals surface area contributed by atoms with Crippen LogP contribution in [0.25, 0.3) is 27.8 Å². The van der Waals surface area contributed by atoms with E-state index in [2.05, 4.69) is 31.7 Å². The van der Waals surface area contributed by atoms with Crippen LogP contribution < -0.4 is 27.0 Å². The van der Waals surface area contributed by atoms with Gasteiger partial charge in [-0.05, 0) is 72.6 Å². The fourth-order valence-electron chi connectivity index (χ4n) is 7.17. The molecule has 0 spiro atoms. The Hall–Kier alpha value is -6.74. The van der Waals surface area contributed by atoms with Crippen molar-refractivity contribution in [2.45, 2.75) is 33.0 Å². The summed E-state index contributed by atoms with van der Waals surface area (Å²) in [6.45, 7) is 9.38. The maximum atomic E-state index is 15.0. The van der Waals surface area contributed by atoms with Crippen LogP contribution in [-0.4, -0.2) is 64.9 Å². The van der Waals surface area contributed by atoms with Gasteiger partial charge >= 0.3 is 5.69 Å². The van der Waals surface area contributed by atoms with Crippen LogP contribution in [0.1, 0.15) is 23.7 Å². The van der Waals surface area contributed by atoms with Crippen LogP contribution in [-0.2, 0) is 26.1 Å². The zero-order valence-electron chi connectivity index (χ0n) is 30.6. The smallest absolute Gasteiger partial charge is 0.329 e. The van der Waals surface area contributed by atoms with Crippen LogP contribution in [0.5, 0.6) is 0 Å². The van der Waals surface area contributed by atoms with Crippen LogP contribution in [0.3, 0.4) is 0 Å². The Morgan fingerprint density at radius 2 is 1.68 bits per heavy atom. The molecule has 5 heterocycles. The van der Waals surface area contributed by atoms with Gasteiger partial charge in [0.05, 0.1) is 24.0 Å². The van der Waals surface area contributed by atoms with E-state index < -0.39 is 17.1 Å². The third kappa shape index (κ3) is 6.99. The van der Waals surface area contributed by atoms with Crippen LogP contribution in [0.2, 0.25) is 0 Å². The van der Waals surface area contributed by atoms with Gasteiger partial charge in [-0.25, -0.2) is 32.9 Å². The molecule has 13 nitrogen and oxygen atoms in total. The molecule has 0 aliphatic carbocycles. The number of nitrogens with zero attached hydrogens (tertiary/aromatic N) is 8. The van der Waals surface area contributed by atoms with Crippen molar-refractivity contribution in [3.63, 3.8) is 0 Å². The highest BCUT2D eigenvalue weighted by atomic mass is 19.1.